The molecule has 2 fully saturated rings. The maximum Gasteiger partial charge on any atom is 0.227 e. The number of carbonyl (C=O) groups is 1. The van der Waals surface area contributed by atoms with E-state index >= 15 is 0 Å². The fourth-order valence-corrected chi connectivity index (χ4v) is 4.14. The smallest absolute Gasteiger partial charge is 0.227 e. The molecule has 2 saturated heterocycles. The number of methoxy groups -OCH3 is 1. The molecule has 3 heterocycles. The van der Waals surface area contributed by atoms with Crippen LogP contribution in [-0.2, 0) is 16.0 Å². The van der Waals surface area contributed by atoms with Gasteiger partial charge in [-0.1, -0.05) is 6.07 Å². The molecular weight excluding hydrogens is 302 g/mol. The van der Waals surface area contributed by atoms with Crippen LogP contribution in [0.1, 0.15) is 32.3 Å². The van der Waals surface area contributed by atoms with Crippen molar-refractivity contribution in [1.82, 2.24) is 14.8 Å². The van der Waals surface area contributed by atoms with Gasteiger partial charge in [0.25, 0.3) is 0 Å². The molecule has 0 N–H and O–H groups in total. The van der Waals surface area contributed by atoms with Gasteiger partial charge in [-0.05, 0) is 44.2 Å². The summed E-state index contributed by atoms with van der Waals surface area (Å²) in [4.78, 5) is 21.1. The van der Waals surface area contributed by atoms with Gasteiger partial charge in [0.05, 0.1) is 12.5 Å². The number of amides is 1. The molecule has 5 nitrogen and oxygen atoms in total. The Kier molecular flexibility index (Phi) is 5.51. The molecule has 1 amide bonds. The highest BCUT2D eigenvalue weighted by Gasteiger charge is 2.45. The van der Waals surface area contributed by atoms with Crippen molar-refractivity contribution >= 4 is 5.91 Å². The van der Waals surface area contributed by atoms with Gasteiger partial charge < -0.3 is 9.64 Å². The Morgan fingerprint density at radius 2 is 2.12 bits per heavy atom. The van der Waals surface area contributed by atoms with Gasteiger partial charge in [-0.2, -0.15) is 0 Å². The molecule has 0 saturated carbocycles. The molecule has 24 heavy (non-hydrogen) atoms. The predicted molar refractivity (Wildman–Crippen MR) is 93.7 cm³/mol. The molecule has 0 unspecified atom stereocenters. The summed E-state index contributed by atoms with van der Waals surface area (Å²) < 4.78 is 5.66. The number of aromatic nitrogens is 1. The van der Waals surface area contributed by atoms with Crippen LogP contribution in [0.4, 0.5) is 0 Å². The Morgan fingerprint density at radius 1 is 1.38 bits per heavy atom. The molecule has 1 aromatic rings. The standard InChI is InChI=1S/C19H29N3O2/c1-14(2)22-13-17(24-3)19(22)16-6-9-21(10-7-16)18(23)11-15-5-4-8-20-12-15/h4-5,8,12,14,16-17,19H,6-7,9-11,13H2,1-3H3/t17-,19-/m0/s1. The van der Waals surface area contributed by atoms with Gasteiger partial charge in [-0.3, -0.25) is 14.7 Å². The molecule has 2 atom stereocenters. The Balaban J connectivity index is 1.52. The summed E-state index contributed by atoms with van der Waals surface area (Å²) in [6.07, 6.45) is 6.49. The third-order valence-corrected chi connectivity index (χ3v) is 5.57. The Bertz CT molecular complexity index is 541. The second-order valence-corrected chi connectivity index (χ2v) is 7.31. The lowest BCUT2D eigenvalue weighted by Crippen LogP contribution is -2.66. The van der Waals surface area contributed by atoms with E-state index in [9.17, 15) is 4.79 Å². The van der Waals surface area contributed by atoms with Crippen molar-refractivity contribution in [2.75, 3.05) is 26.7 Å². The molecule has 5 heteroatoms. The molecule has 0 spiro atoms. The first-order valence-corrected chi connectivity index (χ1v) is 9.05. The average Bonchev–Trinajstić information content (AvgIpc) is 2.55. The summed E-state index contributed by atoms with van der Waals surface area (Å²) >= 11 is 0. The van der Waals surface area contributed by atoms with E-state index in [0.717, 1.165) is 38.0 Å². The number of rotatable bonds is 5. The van der Waals surface area contributed by atoms with Gasteiger partial charge in [0.1, 0.15) is 0 Å². The van der Waals surface area contributed by atoms with Gasteiger partial charge in [-0.25, -0.2) is 0 Å². The van der Waals surface area contributed by atoms with Crippen molar-refractivity contribution in [3.05, 3.63) is 30.1 Å². The van der Waals surface area contributed by atoms with Gasteiger partial charge in [0.2, 0.25) is 5.91 Å². The van der Waals surface area contributed by atoms with E-state index in [-0.39, 0.29) is 5.91 Å². The maximum absolute atomic E-state index is 12.5. The lowest BCUT2D eigenvalue weighted by molar-refractivity contribution is -0.140. The van der Waals surface area contributed by atoms with E-state index in [4.69, 9.17) is 4.74 Å². The van der Waals surface area contributed by atoms with E-state index in [0.29, 0.717) is 30.5 Å². The molecule has 0 aliphatic carbocycles. The first-order chi connectivity index (χ1) is 11.6. The number of likely N-dealkylation sites (tertiary alicyclic amines) is 2. The molecule has 132 valence electrons. The van der Waals surface area contributed by atoms with Crippen molar-refractivity contribution in [3.63, 3.8) is 0 Å². The topological polar surface area (TPSA) is 45.7 Å². The third-order valence-electron chi connectivity index (χ3n) is 5.57. The maximum atomic E-state index is 12.5. The normalized spacial score (nSPS) is 25.8. The second kappa shape index (κ2) is 7.62. The zero-order valence-electron chi connectivity index (χ0n) is 15.0. The number of pyridine rings is 1. The van der Waals surface area contributed by atoms with Gasteiger partial charge in [0.15, 0.2) is 0 Å². The number of nitrogens with zero attached hydrogens (tertiary/aromatic N) is 3. The highest BCUT2D eigenvalue weighted by molar-refractivity contribution is 5.78. The largest absolute Gasteiger partial charge is 0.378 e. The minimum Gasteiger partial charge on any atom is -0.378 e. The summed E-state index contributed by atoms with van der Waals surface area (Å²) in [6.45, 7) is 7.28. The van der Waals surface area contributed by atoms with Crippen LogP contribution in [0.25, 0.3) is 0 Å². The van der Waals surface area contributed by atoms with E-state index in [1.807, 2.05) is 24.1 Å². The van der Waals surface area contributed by atoms with Crippen LogP contribution in [0, 0.1) is 5.92 Å². The predicted octanol–water partition coefficient (Wildman–Crippen LogP) is 1.97. The van der Waals surface area contributed by atoms with Crippen LogP contribution < -0.4 is 0 Å². The van der Waals surface area contributed by atoms with E-state index < -0.39 is 0 Å². The Labute approximate surface area is 145 Å². The zero-order valence-corrected chi connectivity index (χ0v) is 15.0. The minimum atomic E-state index is 0.221. The highest BCUT2D eigenvalue weighted by Crippen LogP contribution is 2.35. The minimum absolute atomic E-state index is 0.221. The quantitative estimate of drug-likeness (QED) is 0.827. The lowest BCUT2D eigenvalue weighted by Gasteiger charge is -2.54. The van der Waals surface area contributed by atoms with Crippen molar-refractivity contribution in [3.8, 4) is 0 Å². The van der Waals surface area contributed by atoms with Crippen LogP contribution in [0.3, 0.4) is 0 Å². The monoisotopic (exact) mass is 331 g/mol. The fourth-order valence-electron chi connectivity index (χ4n) is 4.14. The Hall–Kier alpha value is -1.46. The van der Waals surface area contributed by atoms with Gasteiger partial charge in [0, 0.05) is 51.2 Å². The summed E-state index contributed by atoms with van der Waals surface area (Å²) in [7, 11) is 1.82. The molecular formula is C19H29N3O2. The van der Waals surface area contributed by atoms with Crippen LogP contribution in [0.15, 0.2) is 24.5 Å². The van der Waals surface area contributed by atoms with Crippen LogP contribution in [-0.4, -0.2) is 65.6 Å². The van der Waals surface area contributed by atoms with E-state index in [2.05, 4.69) is 23.7 Å². The van der Waals surface area contributed by atoms with Crippen LogP contribution in [0.2, 0.25) is 0 Å². The Morgan fingerprint density at radius 3 is 2.71 bits per heavy atom. The molecule has 0 bridgehead atoms. The summed E-state index contributed by atoms with van der Waals surface area (Å²) in [5.41, 5.74) is 0.994. The van der Waals surface area contributed by atoms with Crippen molar-refractivity contribution in [2.24, 2.45) is 5.92 Å². The third kappa shape index (κ3) is 3.62. The van der Waals surface area contributed by atoms with Gasteiger partial charge in [-0.15, -0.1) is 0 Å². The number of piperidine rings is 1. The molecule has 3 rings (SSSR count). The fraction of sp³-hybridized carbons (Fsp3) is 0.684. The molecule has 2 aliphatic rings. The lowest BCUT2D eigenvalue weighted by atomic mass is 9.79. The summed E-state index contributed by atoms with van der Waals surface area (Å²) in [5.74, 6) is 0.854. The van der Waals surface area contributed by atoms with Crippen molar-refractivity contribution in [1.29, 1.82) is 0 Å². The van der Waals surface area contributed by atoms with Crippen LogP contribution in [0.5, 0.6) is 0 Å². The number of hydrogen-bond acceptors (Lipinski definition) is 4. The van der Waals surface area contributed by atoms with E-state index in [1.54, 1.807) is 12.4 Å². The average molecular weight is 331 g/mol. The van der Waals surface area contributed by atoms with Crippen molar-refractivity contribution < 1.29 is 9.53 Å². The first kappa shape index (κ1) is 17.4. The van der Waals surface area contributed by atoms with Gasteiger partial charge >= 0.3 is 0 Å². The van der Waals surface area contributed by atoms with Crippen LogP contribution >= 0.6 is 0 Å². The molecule has 0 aromatic carbocycles. The molecule has 1 aromatic heterocycles. The highest BCUT2D eigenvalue weighted by atomic mass is 16.5. The second-order valence-electron chi connectivity index (χ2n) is 7.31. The SMILES string of the molecule is CO[C@H]1CN(C(C)C)[C@H]1C1CCN(C(=O)Cc2cccnc2)CC1. The summed E-state index contributed by atoms with van der Waals surface area (Å²) in [5, 5.41) is 0. The number of ether oxygens (including phenoxy) is 1. The zero-order chi connectivity index (χ0) is 17.1. The molecule has 0 radical (unpaired) electrons. The summed E-state index contributed by atoms with van der Waals surface area (Å²) in [6, 6.07) is 4.93. The molecule has 2 aliphatic heterocycles. The number of hydrogen-bond donors (Lipinski definition) is 0. The van der Waals surface area contributed by atoms with Crippen molar-refractivity contribution in [2.45, 2.75) is 51.3 Å². The number of carbonyl (C=O) groups excluding carboxylic acids is 1. The van der Waals surface area contributed by atoms with E-state index in [1.165, 1.54) is 0 Å². The first-order valence-electron chi connectivity index (χ1n) is 9.05.